The van der Waals surface area contributed by atoms with Crippen LogP contribution in [0.2, 0.25) is 10.0 Å². The number of aromatic nitrogens is 1. The summed E-state index contributed by atoms with van der Waals surface area (Å²) in [5, 5.41) is 19.1. The highest BCUT2D eigenvalue weighted by Gasteiger charge is 2.19. The Labute approximate surface area is 253 Å². The maximum absolute atomic E-state index is 13.2. The number of halogens is 2. The van der Waals surface area contributed by atoms with E-state index in [1.54, 1.807) is 67.6 Å². The summed E-state index contributed by atoms with van der Waals surface area (Å²) in [7, 11) is 0. The lowest BCUT2D eigenvalue weighted by Crippen LogP contribution is -2.22. The molecule has 0 aliphatic heterocycles. The second kappa shape index (κ2) is 12.3. The Kier molecular flexibility index (Phi) is 8.60. The van der Waals surface area contributed by atoms with E-state index in [-0.39, 0.29) is 17.0 Å². The first-order valence-electron chi connectivity index (χ1n) is 12.2. The minimum Gasteiger partial charge on any atom is -0.478 e. The number of hydrogen-bond acceptors (Lipinski definition) is 6. The third kappa shape index (κ3) is 6.55. The molecule has 206 valence electrons. The smallest absolute Gasteiger partial charge is 0.336 e. The summed E-state index contributed by atoms with van der Waals surface area (Å²) in [5.74, 6) is -1.76. The van der Waals surface area contributed by atoms with Crippen molar-refractivity contribution in [2.24, 2.45) is 0 Å². The van der Waals surface area contributed by atoms with Crippen LogP contribution in [0.5, 0.6) is 0 Å². The maximum atomic E-state index is 13.2. The first-order valence-corrected chi connectivity index (χ1v) is 14.8. The van der Waals surface area contributed by atoms with E-state index in [2.05, 4.69) is 15.6 Å². The van der Waals surface area contributed by atoms with Gasteiger partial charge in [0, 0.05) is 32.5 Å². The number of aromatic carboxylic acids is 1. The largest absolute Gasteiger partial charge is 0.478 e. The van der Waals surface area contributed by atoms with E-state index in [0.717, 1.165) is 10.5 Å². The van der Waals surface area contributed by atoms with Gasteiger partial charge in [-0.3, -0.25) is 9.59 Å². The topological polar surface area (TPSA) is 108 Å². The van der Waals surface area contributed by atoms with Gasteiger partial charge in [-0.15, -0.1) is 23.1 Å². The van der Waals surface area contributed by atoms with E-state index in [0.29, 0.717) is 37.3 Å². The van der Waals surface area contributed by atoms with Gasteiger partial charge in [-0.05, 0) is 54.8 Å². The van der Waals surface area contributed by atoms with E-state index in [1.165, 1.54) is 29.2 Å². The quantitative estimate of drug-likeness (QED) is 0.150. The van der Waals surface area contributed by atoms with Crippen LogP contribution in [-0.4, -0.2) is 33.1 Å². The van der Waals surface area contributed by atoms with Crippen LogP contribution in [-0.2, 0) is 4.79 Å². The highest BCUT2D eigenvalue weighted by atomic mass is 35.5. The van der Waals surface area contributed by atoms with Crippen molar-refractivity contribution in [3.8, 4) is 11.3 Å². The average molecular weight is 623 g/mol. The van der Waals surface area contributed by atoms with Gasteiger partial charge in [0.15, 0.2) is 5.13 Å². The van der Waals surface area contributed by atoms with Crippen molar-refractivity contribution < 1.29 is 19.5 Å². The minimum absolute atomic E-state index is 0.0571. The number of fused-ring (bicyclic) bond motifs is 1. The van der Waals surface area contributed by atoms with Crippen LogP contribution in [0, 0.1) is 0 Å². The van der Waals surface area contributed by atoms with Gasteiger partial charge >= 0.3 is 5.97 Å². The summed E-state index contributed by atoms with van der Waals surface area (Å²) in [6.07, 6.45) is 0. The summed E-state index contributed by atoms with van der Waals surface area (Å²) in [5.41, 5.74) is 2.30. The van der Waals surface area contributed by atoms with Crippen molar-refractivity contribution in [3.63, 3.8) is 0 Å². The molecule has 5 aromatic rings. The first kappa shape index (κ1) is 28.6. The normalized spacial score (nSPS) is 11.7. The molecule has 1 atom stereocenters. The van der Waals surface area contributed by atoms with Gasteiger partial charge in [-0.25, -0.2) is 9.78 Å². The Bertz CT molecular complexity index is 1800. The number of amides is 2. The average Bonchev–Trinajstić information content (AvgIpc) is 3.42. The molecule has 0 aliphatic carbocycles. The van der Waals surface area contributed by atoms with E-state index in [1.807, 2.05) is 17.5 Å². The predicted octanol–water partition coefficient (Wildman–Crippen LogP) is 8.34. The molecule has 0 fully saturated rings. The summed E-state index contributed by atoms with van der Waals surface area (Å²) in [4.78, 5) is 43.1. The molecule has 4 aromatic carbocycles. The third-order valence-corrected chi connectivity index (χ3v) is 8.69. The zero-order valence-electron chi connectivity index (χ0n) is 21.4. The van der Waals surface area contributed by atoms with Gasteiger partial charge < -0.3 is 15.7 Å². The Morgan fingerprint density at radius 1 is 0.902 bits per heavy atom. The molecule has 41 heavy (non-hydrogen) atoms. The number of carbonyl (C=O) groups excluding carboxylic acids is 2. The summed E-state index contributed by atoms with van der Waals surface area (Å²) < 4.78 is 0. The standard InChI is InChI=1S/C30H21Cl2N3O4S2/c1-16(27(36)35-30-34-25(15-40-30)18-11-12-23(31)24(32)13-18)41-20-8-4-7-19(14-20)33-28(37)21-9-2-5-17-6-3-10-22(26(17)21)29(38)39/h2-16H,1H3,(H,33,37)(H,38,39)(H,34,35,36). The number of benzene rings is 4. The van der Waals surface area contributed by atoms with E-state index in [9.17, 15) is 19.5 Å². The number of thioether (sulfide) groups is 1. The Morgan fingerprint density at radius 3 is 2.37 bits per heavy atom. The molecule has 1 heterocycles. The molecule has 0 bridgehead atoms. The van der Waals surface area contributed by atoms with Crippen LogP contribution in [0.25, 0.3) is 22.0 Å². The molecule has 5 rings (SSSR count). The van der Waals surface area contributed by atoms with Crippen LogP contribution in [0.15, 0.2) is 89.1 Å². The molecular weight excluding hydrogens is 601 g/mol. The number of anilines is 2. The summed E-state index contributed by atoms with van der Waals surface area (Å²) in [6.45, 7) is 1.78. The molecule has 1 aromatic heterocycles. The number of rotatable bonds is 8. The van der Waals surface area contributed by atoms with Crippen LogP contribution in [0.3, 0.4) is 0 Å². The van der Waals surface area contributed by atoms with E-state index >= 15 is 0 Å². The number of thiazole rings is 1. The number of nitrogens with zero attached hydrogens (tertiary/aromatic N) is 1. The molecule has 0 spiro atoms. The van der Waals surface area contributed by atoms with Gasteiger partial charge in [0.1, 0.15) is 0 Å². The lowest BCUT2D eigenvalue weighted by molar-refractivity contribution is -0.115. The third-order valence-electron chi connectivity index (χ3n) is 6.10. The van der Waals surface area contributed by atoms with Gasteiger partial charge in [-0.2, -0.15) is 0 Å². The Balaban J connectivity index is 1.26. The summed E-state index contributed by atoms with van der Waals surface area (Å²) in [6, 6.07) is 22.3. The number of carboxylic acids is 1. The fourth-order valence-electron chi connectivity index (χ4n) is 4.14. The van der Waals surface area contributed by atoms with Crippen LogP contribution >= 0.6 is 46.3 Å². The van der Waals surface area contributed by atoms with Gasteiger partial charge in [-0.1, -0.05) is 59.6 Å². The van der Waals surface area contributed by atoms with E-state index in [4.69, 9.17) is 23.2 Å². The Morgan fingerprint density at radius 2 is 1.63 bits per heavy atom. The zero-order chi connectivity index (χ0) is 29.1. The van der Waals surface area contributed by atoms with Crippen molar-refractivity contribution in [3.05, 3.63) is 105 Å². The van der Waals surface area contributed by atoms with Crippen molar-refractivity contribution >= 4 is 85.7 Å². The molecule has 0 saturated heterocycles. The summed E-state index contributed by atoms with van der Waals surface area (Å²) >= 11 is 14.7. The molecule has 0 aliphatic rings. The minimum atomic E-state index is -1.11. The van der Waals surface area contributed by atoms with Crippen molar-refractivity contribution in [1.29, 1.82) is 0 Å². The number of nitrogens with one attached hydrogen (secondary N) is 2. The fourth-order valence-corrected chi connectivity index (χ4v) is 6.08. The Hall–Kier alpha value is -3.89. The maximum Gasteiger partial charge on any atom is 0.336 e. The van der Waals surface area contributed by atoms with E-state index < -0.39 is 17.1 Å². The highest BCUT2D eigenvalue weighted by Crippen LogP contribution is 2.32. The van der Waals surface area contributed by atoms with Crippen LogP contribution in [0.4, 0.5) is 10.8 Å². The predicted molar refractivity (Wildman–Crippen MR) is 167 cm³/mol. The molecule has 7 nitrogen and oxygen atoms in total. The second-order valence-electron chi connectivity index (χ2n) is 8.91. The second-order valence-corrected chi connectivity index (χ2v) is 12.0. The van der Waals surface area contributed by atoms with Gasteiger partial charge in [0.05, 0.1) is 26.6 Å². The molecular formula is C30H21Cl2N3O4S2. The fraction of sp³-hybridized carbons (Fsp3) is 0.0667. The molecule has 2 amide bonds. The SMILES string of the molecule is CC(Sc1cccc(NC(=O)c2cccc3cccc(C(=O)O)c23)c1)C(=O)Nc1nc(-c2ccc(Cl)c(Cl)c2)cs1. The molecule has 11 heteroatoms. The molecule has 0 saturated carbocycles. The van der Waals surface area contributed by atoms with Crippen molar-refractivity contribution in [2.75, 3.05) is 10.6 Å². The van der Waals surface area contributed by atoms with Crippen molar-refractivity contribution in [1.82, 2.24) is 4.98 Å². The molecule has 0 radical (unpaired) electrons. The lowest BCUT2D eigenvalue weighted by atomic mass is 9.98. The number of hydrogen-bond donors (Lipinski definition) is 3. The van der Waals surface area contributed by atoms with Crippen molar-refractivity contribution in [2.45, 2.75) is 17.1 Å². The zero-order valence-corrected chi connectivity index (χ0v) is 24.5. The van der Waals surface area contributed by atoms with Gasteiger partial charge in [0.2, 0.25) is 5.91 Å². The lowest BCUT2D eigenvalue weighted by Gasteiger charge is -2.13. The van der Waals surface area contributed by atoms with Gasteiger partial charge in [0.25, 0.3) is 5.91 Å². The van der Waals surface area contributed by atoms with Crippen LogP contribution in [0.1, 0.15) is 27.6 Å². The number of carbonyl (C=O) groups is 3. The first-order chi connectivity index (χ1) is 19.7. The number of carboxylic acid groups (broad SMARTS) is 1. The highest BCUT2D eigenvalue weighted by molar-refractivity contribution is 8.00. The van der Waals surface area contributed by atoms with Crippen LogP contribution < -0.4 is 10.6 Å². The monoisotopic (exact) mass is 621 g/mol. The molecule has 1 unspecified atom stereocenters. The molecule has 3 N–H and O–H groups in total.